The van der Waals surface area contributed by atoms with E-state index in [2.05, 4.69) is 122 Å². The average Bonchev–Trinajstić information content (AvgIpc) is 3.29. The predicted octanol–water partition coefficient (Wildman–Crippen LogP) is 11.3. The Balaban J connectivity index is 1.93. The lowest BCUT2D eigenvalue weighted by molar-refractivity contribution is 1.28. The molecule has 0 spiro atoms. The molecule has 1 aliphatic carbocycles. The molecule has 190 valence electrons. The van der Waals surface area contributed by atoms with Crippen molar-refractivity contribution >= 4 is 63.3 Å². The standard InChI is InChI=1S/C38H33N/c1-7-16-27-19-14-22-35(28(27)10-4)39(36-23-13-18-26(9-3)31(36)17-8-2)37-25-24-33-30(12-6)29(11-5)32-20-15-21-34(37)38(32)33/h7-25H,3-6H2,1-2H3/b16-7-,17-8-. The van der Waals surface area contributed by atoms with Gasteiger partial charge in [0, 0.05) is 16.5 Å². The van der Waals surface area contributed by atoms with Crippen LogP contribution < -0.4 is 4.90 Å². The molecular formula is C38H33N. The van der Waals surface area contributed by atoms with Crippen molar-refractivity contribution in [2.45, 2.75) is 13.8 Å². The van der Waals surface area contributed by atoms with Crippen molar-refractivity contribution in [3.63, 3.8) is 0 Å². The second kappa shape index (κ2) is 10.8. The molecule has 0 N–H and O–H groups in total. The molecule has 1 aliphatic rings. The van der Waals surface area contributed by atoms with Crippen molar-refractivity contribution in [3.8, 4) is 0 Å². The Morgan fingerprint density at radius 3 is 1.77 bits per heavy atom. The van der Waals surface area contributed by atoms with Gasteiger partial charge in [0.05, 0.1) is 17.1 Å². The SMILES string of the molecule is C=CC1=C(C=C)c2ccc(N(c3cccc(/C=C\C)c3C=C)c3cccc(C=C)c3/C=C\C)c3cccc1c23. The van der Waals surface area contributed by atoms with Crippen molar-refractivity contribution in [2.75, 3.05) is 4.90 Å². The van der Waals surface area contributed by atoms with Crippen LogP contribution in [0.3, 0.4) is 0 Å². The van der Waals surface area contributed by atoms with Crippen LogP contribution in [-0.2, 0) is 0 Å². The Morgan fingerprint density at radius 1 is 0.538 bits per heavy atom. The van der Waals surface area contributed by atoms with Gasteiger partial charge in [-0.1, -0.05) is 123 Å². The van der Waals surface area contributed by atoms with E-state index < -0.39 is 0 Å². The summed E-state index contributed by atoms with van der Waals surface area (Å²) in [4.78, 5) is 2.37. The maximum Gasteiger partial charge on any atom is 0.0541 e. The second-order valence-corrected chi connectivity index (χ2v) is 9.40. The van der Waals surface area contributed by atoms with Gasteiger partial charge < -0.3 is 4.90 Å². The molecule has 0 fully saturated rings. The fourth-order valence-electron chi connectivity index (χ4n) is 5.76. The normalized spacial score (nSPS) is 12.5. The van der Waals surface area contributed by atoms with Crippen LogP contribution in [0.25, 0.3) is 46.2 Å². The van der Waals surface area contributed by atoms with Crippen molar-refractivity contribution in [3.05, 3.63) is 151 Å². The van der Waals surface area contributed by atoms with Gasteiger partial charge >= 0.3 is 0 Å². The summed E-state index contributed by atoms with van der Waals surface area (Å²) in [6.45, 7) is 20.6. The fourth-order valence-corrected chi connectivity index (χ4v) is 5.76. The molecule has 0 unspecified atom stereocenters. The van der Waals surface area contributed by atoms with E-state index in [1.165, 1.54) is 21.9 Å². The van der Waals surface area contributed by atoms with Gasteiger partial charge in [0.2, 0.25) is 0 Å². The molecule has 0 bridgehead atoms. The van der Waals surface area contributed by atoms with Crippen molar-refractivity contribution in [2.24, 2.45) is 0 Å². The van der Waals surface area contributed by atoms with Crippen molar-refractivity contribution in [1.29, 1.82) is 0 Å². The summed E-state index contributed by atoms with van der Waals surface area (Å²) in [7, 11) is 0. The lowest BCUT2D eigenvalue weighted by Crippen LogP contribution is -2.14. The van der Waals surface area contributed by atoms with E-state index in [0.29, 0.717) is 0 Å². The summed E-state index contributed by atoms with van der Waals surface area (Å²) in [5.41, 5.74) is 12.2. The van der Waals surface area contributed by atoms with E-state index in [-0.39, 0.29) is 0 Å². The highest BCUT2D eigenvalue weighted by molar-refractivity contribution is 6.20. The number of hydrogen-bond donors (Lipinski definition) is 0. The molecule has 0 saturated carbocycles. The minimum atomic E-state index is 1.06. The minimum Gasteiger partial charge on any atom is -0.309 e. The summed E-state index contributed by atoms with van der Waals surface area (Å²) < 4.78 is 0. The quantitative estimate of drug-likeness (QED) is 0.219. The van der Waals surface area contributed by atoms with Gasteiger partial charge in [0.1, 0.15) is 0 Å². The highest BCUT2D eigenvalue weighted by atomic mass is 15.1. The van der Waals surface area contributed by atoms with Crippen LogP contribution >= 0.6 is 0 Å². The summed E-state index contributed by atoms with van der Waals surface area (Å²) in [5.74, 6) is 0. The van der Waals surface area contributed by atoms with Crippen molar-refractivity contribution in [1.82, 2.24) is 0 Å². The van der Waals surface area contributed by atoms with Gasteiger partial charge in [-0.25, -0.2) is 0 Å². The van der Waals surface area contributed by atoms with Crippen LogP contribution in [0.15, 0.2) is 117 Å². The molecule has 0 amide bonds. The van der Waals surface area contributed by atoms with Crippen LogP contribution in [0.1, 0.15) is 47.2 Å². The van der Waals surface area contributed by atoms with Gasteiger partial charge in [0.25, 0.3) is 0 Å². The first-order valence-electron chi connectivity index (χ1n) is 13.2. The first kappa shape index (κ1) is 25.8. The molecule has 1 nitrogen and oxygen atoms in total. The Labute approximate surface area is 232 Å². The summed E-state index contributed by atoms with van der Waals surface area (Å²) in [6.07, 6.45) is 16.2. The highest BCUT2D eigenvalue weighted by Crippen LogP contribution is 2.49. The van der Waals surface area contributed by atoms with Crippen LogP contribution in [0.2, 0.25) is 0 Å². The number of nitrogens with zero attached hydrogens (tertiary/aromatic N) is 1. The van der Waals surface area contributed by atoms with E-state index in [4.69, 9.17) is 0 Å². The molecule has 1 heteroatoms. The Hall–Kier alpha value is -4.88. The Morgan fingerprint density at radius 2 is 1.15 bits per heavy atom. The number of benzene rings is 4. The van der Waals surface area contributed by atoms with E-state index in [1.807, 2.05) is 38.2 Å². The highest BCUT2D eigenvalue weighted by Gasteiger charge is 2.26. The summed E-state index contributed by atoms with van der Waals surface area (Å²) >= 11 is 0. The third-order valence-electron chi connectivity index (χ3n) is 7.36. The zero-order valence-electron chi connectivity index (χ0n) is 22.7. The molecule has 0 aromatic heterocycles. The van der Waals surface area contributed by atoms with Crippen LogP contribution in [0, 0.1) is 0 Å². The van der Waals surface area contributed by atoms with Crippen LogP contribution in [0.4, 0.5) is 17.1 Å². The molecule has 4 aromatic rings. The smallest absolute Gasteiger partial charge is 0.0541 e. The first-order chi connectivity index (χ1) is 19.1. The molecule has 0 saturated heterocycles. The summed E-state index contributed by atoms with van der Waals surface area (Å²) in [5, 5.41) is 2.39. The van der Waals surface area contributed by atoms with Crippen molar-refractivity contribution < 1.29 is 0 Å². The molecule has 0 radical (unpaired) electrons. The third-order valence-corrected chi connectivity index (χ3v) is 7.36. The van der Waals surface area contributed by atoms with Gasteiger partial charge in [-0.15, -0.1) is 0 Å². The van der Waals surface area contributed by atoms with Gasteiger partial charge in [-0.2, -0.15) is 0 Å². The fraction of sp³-hybridized carbons (Fsp3) is 0.0526. The Kier molecular flexibility index (Phi) is 7.17. The molecule has 0 atom stereocenters. The maximum absolute atomic E-state index is 4.22. The number of hydrogen-bond acceptors (Lipinski definition) is 1. The molecule has 0 aliphatic heterocycles. The molecule has 0 heterocycles. The number of rotatable bonds is 9. The Bertz CT molecular complexity index is 1710. The largest absolute Gasteiger partial charge is 0.309 e. The average molecular weight is 504 g/mol. The monoisotopic (exact) mass is 503 g/mol. The lowest BCUT2D eigenvalue weighted by Gasteiger charge is -2.31. The van der Waals surface area contributed by atoms with Crippen LogP contribution in [0.5, 0.6) is 0 Å². The molecule has 5 rings (SSSR count). The number of allylic oxidation sites excluding steroid dienone is 6. The molecular weight excluding hydrogens is 470 g/mol. The van der Waals surface area contributed by atoms with Gasteiger partial charge in [0.15, 0.2) is 0 Å². The summed E-state index contributed by atoms with van der Waals surface area (Å²) in [6, 6.07) is 23.8. The number of anilines is 3. The van der Waals surface area contributed by atoms with E-state index in [1.54, 1.807) is 0 Å². The zero-order chi connectivity index (χ0) is 27.5. The van der Waals surface area contributed by atoms with E-state index >= 15 is 0 Å². The molecule has 4 aromatic carbocycles. The maximum atomic E-state index is 4.22. The van der Waals surface area contributed by atoms with E-state index in [0.717, 1.165) is 50.5 Å². The molecule has 39 heavy (non-hydrogen) atoms. The topological polar surface area (TPSA) is 3.24 Å². The minimum absolute atomic E-state index is 1.06. The zero-order valence-corrected chi connectivity index (χ0v) is 22.7. The lowest BCUT2D eigenvalue weighted by atomic mass is 9.96. The van der Waals surface area contributed by atoms with Gasteiger partial charge in [-0.05, 0) is 70.8 Å². The first-order valence-corrected chi connectivity index (χ1v) is 13.2. The second-order valence-electron chi connectivity index (χ2n) is 9.40. The van der Waals surface area contributed by atoms with Gasteiger partial charge in [-0.3, -0.25) is 0 Å². The predicted molar refractivity (Wildman–Crippen MR) is 175 cm³/mol. The third kappa shape index (κ3) is 4.13. The van der Waals surface area contributed by atoms with Crippen LogP contribution in [-0.4, -0.2) is 0 Å². The van der Waals surface area contributed by atoms with E-state index in [9.17, 15) is 0 Å².